The molecule has 0 radical (unpaired) electrons. The maximum Gasteiger partial charge on any atom is 0.417 e. The van der Waals surface area contributed by atoms with Gasteiger partial charge in [0.15, 0.2) is 0 Å². The van der Waals surface area contributed by atoms with Gasteiger partial charge in [-0.25, -0.2) is 0 Å². The molecular formula is C22H24ClF3N2O. The van der Waals surface area contributed by atoms with Gasteiger partial charge in [-0.1, -0.05) is 41.9 Å². The topological polar surface area (TPSA) is 32.3 Å². The van der Waals surface area contributed by atoms with Gasteiger partial charge in [0.1, 0.15) is 0 Å². The Morgan fingerprint density at radius 3 is 2.59 bits per heavy atom. The minimum atomic E-state index is -4.62. The third-order valence-corrected chi connectivity index (χ3v) is 5.93. The third kappa shape index (κ3) is 4.93. The van der Waals surface area contributed by atoms with Crippen LogP contribution in [-0.2, 0) is 6.18 Å². The number of nitrogens with one attached hydrogen (secondary N) is 1. The van der Waals surface area contributed by atoms with Gasteiger partial charge < -0.3 is 5.32 Å². The number of hydrogen-bond donors (Lipinski definition) is 1. The number of aryl methyl sites for hydroxylation is 1. The Kier molecular flexibility index (Phi) is 6.54. The number of benzene rings is 2. The van der Waals surface area contributed by atoms with Crippen molar-refractivity contribution in [2.45, 2.75) is 44.9 Å². The first-order chi connectivity index (χ1) is 13.7. The molecule has 0 saturated carbocycles. The Morgan fingerprint density at radius 2 is 1.97 bits per heavy atom. The normalized spacial score (nSPS) is 18.6. The van der Waals surface area contributed by atoms with Crippen LogP contribution in [0.5, 0.6) is 0 Å². The summed E-state index contributed by atoms with van der Waals surface area (Å²) in [5, 5.41) is 2.35. The van der Waals surface area contributed by atoms with Crippen molar-refractivity contribution < 1.29 is 18.0 Å². The average Bonchev–Trinajstić information content (AvgIpc) is 3.05. The number of halogens is 4. The molecule has 1 fully saturated rings. The molecule has 1 unspecified atom stereocenters. The van der Waals surface area contributed by atoms with Crippen molar-refractivity contribution in [2.24, 2.45) is 0 Å². The fourth-order valence-electron chi connectivity index (χ4n) is 3.86. The molecule has 156 valence electrons. The summed E-state index contributed by atoms with van der Waals surface area (Å²) < 4.78 is 39.5. The summed E-state index contributed by atoms with van der Waals surface area (Å²) in [6.07, 6.45) is -2.43. The average molecular weight is 425 g/mol. The van der Waals surface area contributed by atoms with Crippen molar-refractivity contribution in [1.29, 1.82) is 0 Å². The highest BCUT2D eigenvalue weighted by Crippen LogP contribution is 2.36. The number of rotatable bonds is 5. The zero-order chi connectivity index (χ0) is 21.2. The van der Waals surface area contributed by atoms with Gasteiger partial charge in [-0.05, 0) is 56.5 Å². The van der Waals surface area contributed by atoms with Crippen LogP contribution < -0.4 is 5.32 Å². The molecule has 1 aliphatic rings. The predicted molar refractivity (Wildman–Crippen MR) is 108 cm³/mol. The highest BCUT2D eigenvalue weighted by atomic mass is 35.5. The van der Waals surface area contributed by atoms with E-state index in [-0.39, 0.29) is 11.6 Å². The standard InChI is InChI=1S/C22H24ClF3N2O/c1-14-7-3-4-9-16(14)19(13-28-12-6-8-15(28)2)27-21(29)17-10-5-11-18(20(17)23)22(24,25)26/h3-5,7,9-11,15,19H,6,8,12-13H2,1-2H3,(H,27,29)/t15?,19-/m1/s1. The van der Waals surface area contributed by atoms with Gasteiger partial charge in [0, 0.05) is 12.6 Å². The lowest BCUT2D eigenvalue weighted by molar-refractivity contribution is -0.137. The van der Waals surface area contributed by atoms with Gasteiger partial charge in [-0.15, -0.1) is 0 Å². The van der Waals surface area contributed by atoms with Crippen molar-refractivity contribution >= 4 is 17.5 Å². The molecule has 1 saturated heterocycles. The number of amides is 1. The molecule has 2 aromatic carbocycles. The van der Waals surface area contributed by atoms with E-state index in [9.17, 15) is 18.0 Å². The van der Waals surface area contributed by atoms with E-state index < -0.39 is 22.7 Å². The lowest BCUT2D eigenvalue weighted by atomic mass is 9.99. The van der Waals surface area contributed by atoms with E-state index in [0.717, 1.165) is 36.6 Å². The van der Waals surface area contributed by atoms with E-state index >= 15 is 0 Å². The van der Waals surface area contributed by atoms with Gasteiger partial charge in [-0.2, -0.15) is 13.2 Å². The molecular weight excluding hydrogens is 401 g/mol. The second kappa shape index (κ2) is 8.76. The predicted octanol–water partition coefficient (Wildman–Crippen LogP) is 5.62. The van der Waals surface area contributed by atoms with Crippen molar-refractivity contribution in [1.82, 2.24) is 10.2 Å². The maximum absolute atomic E-state index is 13.2. The number of hydrogen-bond acceptors (Lipinski definition) is 2. The molecule has 1 amide bonds. The Labute approximate surface area is 173 Å². The molecule has 0 spiro atoms. The van der Waals surface area contributed by atoms with Crippen molar-refractivity contribution in [2.75, 3.05) is 13.1 Å². The van der Waals surface area contributed by atoms with Crippen LogP contribution in [0.2, 0.25) is 5.02 Å². The number of likely N-dealkylation sites (tertiary alicyclic amines) is 1. The van der Waals surface area contributed by atoms with Crippen LogP contribution in [0.15, 0.2) is 42.5 Å². The van der Waals surface area contributed by atoms with Crippen LogP contribution in [0, 0.1) is 6.92 Å². The monoisotopic (exact) mass is 424 g/mol. The summed E-state index contributed by atoms with van der Waals surface area (Å²) in [4.78, 5) is 15.2. The van der Waals surface area contributed by atoms with Crippen LogP contribution in [-0.4, -0.2) is 29.9 Å². The minimum absolute atomic E-state index is 0.172. The van der Waals surface area contributed by atoms with E-state index in [1.165, 1.54) is 12.1 Å². The van der Waals surface area contributed by atoms with E-state index in [1.54, 1.807) is 0 Å². The summed E-state index contributed by atoms with van der Waals surface area (Å²) >= 11 is 5.95. The molecule has 0 aromatic heterocycles. The lowest BCUT2D eigenvalue weighted by Gasteiger charge is -2.29. The van der Waals surface area contributed by atoms with Gasteiger partial charge in [0.25, 0.3) is 5.91 Å². The summed E-state index contributed by atoms with van der Waals surface area (Å²) in [5.74, 6) is -0.610. The first-order valence-corrected chi connectivity index (χ1v) is 10.0. The van der Waals surface area contributed by atoms with E-state index in [1.807, 2.05) is 31.2 Å². The lowest BCUT2D eigenvalue weighted by Crippen LogP contribution is -2.39. The Hall–Kier alpha value is -2.05. The summed E-state index contributed by atoms with van der Waals surface area (Å²) in [6.45, 7) is 5.63. The van der Waals surface area contributed by atoms with E-state index in [0.29, 0.717) is 12.6 Å². The number of nitrogens with zero attached hydrogens (tertiary/aromatic N) is 1. The fraction of sp³-hybridized carbons (Fsp3) is 0.409. The molecule has 2 aromatic rings. The summed E-state index contributed by atoms with van der Waals surface area (Å²) in [7, 11) is 0. The number of carbonyl (C=O) groups is 1. The van der Waals surface area contributed by atoms with Crippen LogP contribution in [0.3, 0.4) is 0 Å². The molecule has 3 rings (SSSR count). The quantitative estimate of drug-likeness (QED) is 0.675. The molecule has 0 aliphatic carbocycles. The van der Waals surface area contributed by atoms with E-state index in [2.05, 4.69) is 17.1 Å². The highest BCUT2D eigenvalue weighted by Gasteiger charge is 2.35. The second-order valence-corrected chi connectivity index (χ2v) is 7.91. The van der Waals surface area contributed by atoms with E-state index in [4.69, 9.17) is 11.6 Å². The van der Waals surface area contributed by atoms with Crippen molar-refractivity contribution in [3.8, 4) is 0 Å². The number of alkyl halides is 3. The smallest absolute Gasteiger partial charge is 0.344 e. The maximum atomic E-state index is 13.2. The molecule has 7 heteroatoms. The van der Waals surface area contributed by atoms with Crippen molar-refractivity contribution in [3.63, 3.8) is 0 Å². The summed E-state index contributed by atoms with van der Waals surface area (Å²) in [5.41, 5.74) is 0.782. The fourth-order valence-corrected chi connectivity index (χ4v) is 4.18. The largest absolute Gasteiger partial charge is 0.417 e. The molecule has 1 heterocycles. The SMILES string of the molecule is Cc1ccccc1[C@@H](CN1CCCC1C)NC(=O)c1cccc(C(F)(F)F)c1Cl. The number of carbonyl (C=O) groups excluding carboxylic acids is 1. The molecule has 3 nitrogen and oxygen atoms in total. The summed E-state index contributed by atoms with van der Waals surface area (Å²) in [6, 6.07) is 11.2. The van der Waals surface area contributed by atoms with Gasteiger partial charge in [-0.3, -0.25) is 9.69 Å². The zero-order valence-corrected chi connectivity index (χ0v) is 17.1. The molecule has 1 aliphatic heterocycles. The van der Waals surface area contributed by atoms with Crippen LogP contribution in [0.1, 0.15) is 52.9 Å². The van der Waals surface area contributed by atoms with Crippen molar-refractivity contribution in [3.05, 3.63) is 69.7 Å². The zero-order valence-electron chi connectivity index (χ0n) is 16.4. The Balaban J connectivity index is 1.90. The van der Waals surface area contributed by atoms with Crippen LogP contribution in [0.25, 0.3) is 0 Å². The van der Waals surface area contributed by atoms with Gasteiger partial charge in [0.05, 0.1) is 22.2 Å². The first kappa shape index (κ1) is 21.7. The Morgan fingerprint density at radius 1 is 1.24 bits per heavy atom. The molecule has 2 atom stereocenters. The first-order valence-electron chi connectivity index (χ1n) is 9.64. The molecule has 1 N–H and O–H groups in total. The van der Waals surface area contributed by atoms with Crippen LogP contribution >= 0.6 is 11.6 Å². The molecule has 29 heavy (non-hydrogen) atoms. The minimum Gasteiger partial charge on any atom is -0.344 e. The molecule has 0 bridgehead atoms. The highest BCUT2D eigenvalue weighted by molar-refractivity contribution is 6.34. The second-order valence-electron chi connectivity index (χ2n) is 7.53. The van der Waals surface area contributed by atoms with Gasteiger partial charge >= 0.3 is 6.18 Å². The van der Waals surface area contributed by atoms with Crippen LogP contribution in [0.4, 0.5) is 13.2 Å². The van der Waals surface area contributed by atoms with Gasteiger partial charge in [0.2, 0.25) is 0 Å². The Bertz CT molecular complexity index is 885. The third-order valence-electron chi connectivity index (χ3n) is 5.53.